The van der Waals surface area contributed by atoms with Crippen molar-refractivity contribution in [3.63, 3.8) is 0 Å². The highest BCUT2D eigenvalue weighted by Crippen LogP contribution is 2.45. The molecule has 0 bridgehead atoms. The minimum absolute atomic E-state index is 0.357. The maximum atomic E-state index is 5.56. The van der Waals surface area contributed by atoms with Crippen molar-refractivity contribution in [3.8, 4) is 0 Å². The van der Waals surface area contributed by atoms with Gasteiger partial charge in [0.15, 0.2) is 5.79 Å². The molecule has 0 aromatic rings. The first-order valence-corrected chi connectivity index (χ1v) is 5.14. The van der Waals surface area contributed by atoms with Gasteiger partial charge in [0, 0.05) is 20.6 Å². The fourth-order valence-electron chi connectivity index (χ4n) is 2.35. The lowest BCUT2D eigenvalue weighted by molar-refractivity contribution is -0.190. The molecule has 0 amide bonds. The zero-order valence-corrected chi connectivity index (χ0v) is 8.56. The van der Waals surface area contributed by atoms with Crippen molar-refractivity contribution in [2.45, 2.75) is 44.3 Å². The van der Waals surface area contributed by atoms with E-state index in [-0.39, 0.29) is 5.79 Å². The van der Waals surface area contributed by atoms with Crippen LogP contribution in [0, 0.1) is 0 Å². The predicted molar refractivity (Wildman–Crippen MR) is 51.5 cm³/mol. The molecule has 0 saturated heterocycles. The zero-order chi connectivity index (χ0) is 9.31. The number of rotatable bonds is 2. The Morgan fingerprint density at radius 2 is 1.69 bits per heavy atom. The first kappa shape index (κ1) is 9.22. The third kappa shape index (κ3) is 1.53. The average molecular weight is 182 g/mol. The summed E-state index contributed by atoms with van der Waals surface area (Å²) in [6, 6.07) is 0. The highest BCUT2D eigenvalue weighted by molar-refractivity contribution is 5.31. The summed E-state index contributed by atoms with van der Waals surface area (Å²) in [7, 11) is 3.52. The lowest BCUT2D eigenvalue weighted by atomic mass is 9.87. The van der Waals surface area contributed by atoms with E-state index < -0.39 is 0 Å². The molecule has 13 heavy (non-hydrogen) atoms. The van der Waals surface area contributed by atoms with E-state index in [1.807, 2.05) is 0 Å². The molecular formula is C11H18O2. The molecule has 74 valence electrons. The fourth-order valence-corrected chi connectivity index (χ4v) is 2.35. The average Bonchev–Trinajstić information content (AvgIpc) is 3.01. The van der Waals surface area contributed by atoms with Crippen molar-refractivity contribution in [2.75, 3.05) is 14.2 Å². The van der Waals surface area contributed by atoms with Crippen LogP contribution in [0.25, 0.3) is 0 Å². The maximum absolute atomic E-state index is 5.56. The van der Waals surface area contributed by atoms with Crippen LogP contribution in [0.2, 0.25) is 0 Å². The van der Waals surface area contributed by atoms with Crippen molar-refractivity contribution in [1.82, 2.24) is 0 Å². The van der Waals surface area contributed by atoms with Gasteiger partial charge in [0.25, 0.3) is 0 Å². The molecule has 2 nitrogen and oxygen atoms in total. The molecule has 2 heteroatoms. The van der Waals surface area contributed by atoms with Gasteiger partial charge in [0.1, 0.15) is 0 Å². The van der Waals surface area contributed by atoms with E-state index in [2.05, 4.69) is 0 Å². The van der Waals surface area contributed by atoms with E-state index in [9.17, 15) is 0 Å². The van der Waals surface area contributed by atoms with Gasteiger partial charge in [-0.25, -0.2) is 0 Å². The Morgan fingerprint density at radius 3 is 2.23 bits per heavy atom. The van der Waals surface area contributed by atoms with Gasteiger partial charge in [-0.1, -0.05) is 5.57 Å². The van der Waals surface area contributed by atoms with E-state index in [1.165, 1.54) is 37.7 Å². The Hall–Kier alpha value is -0.340. The highest BCUT2D eigenvalue weighted by Gasteiger charge is 2.40. The van der Waals surface area contributed by atoms with E-state index in [0.717, 1.165) is 6.42 Å². The van der Waals surface area contributed by atoms with Crippen LogP contribution in [-0.4, -0.2) is 20.0 Å². The van der Waals surface area contributed by atoms with Gasteiger partial charge in [0.05, 0.1) is 0 Å². The standard InChI is InChI=1S/C11H18O2/c1-12-11(13-2)8-4-3-5-10(11)9-6-7-9/h3-8H2,1-2H3. The van der Waals surface area contributed by atoms with E-state index in [4.69, 9.17) is 9.47 Å². The van der Waals surface area contributed by atoms with Gasteiger partial charge in [-0.05, 0) is 37.7 Å². The molecule has 2 rings (SSSR count). The number of allylic oxidation sites excluding steroid dienone is 1. The largest absolute Gasteiger partial charge is 0.349 e. The van der Waals surface area contributed by atoms with Crippen molar-refractivity contribution in [1.29, 1.82) is 0 Å². The lowest BCUT2D eigenvalue weighted by Crippen LogP contribution is -2.38. The molecule has 0 aromatic carbocycles. The number of ether oxygens (including phenoxy) is 2. The minimum Gasteiger partial charge on any atom is -0.349 e. The summed E-state index contributed by atoms with van der Waals surface area (Å²) >= 11 is 0. The van der Waals surface area contributed by atoms with Crippen molar-refractivity contribution >= 4 is 0 Å². The van der Waals surface area contributed by atoms with Crippen LogP contribution in [0.15, 0.2) is 11.1 Å². The summed E-state index contributed by atoms with van der Waals surface area (Å²) in [6.07, 6.45) is 7.26. The lowest BCUT2D eigenvalue weighted by Gasteiger charge is -2.37. The van der Waals surface area contributed by atoms with Gasteiger partial charge < -0.3 is 9.47 Å². The molecule has 2 fully saturated rings. The topological polar surface area (TPSA) is 18.5 Å². The Labute approximate surface area is 79.9 Å². The van der Waals surface area contributed by atoms with Crippen LogP contribution >= 0.6 is 0 Å². The van der Waals surface area contributed by atoms with Crippen molar-refractivity contribution in [3.05, 3.63) is 11.1 Å². The third-order valence-corrected chi connectivity index (χ3v) is 3.23. The molecule has 0 aliphatic heterocycles. The van der Waals surface area contributed by atoms with Gasteiger partial charge in [-0.15, -0.1) is 0 Å². The van der Waals surface area contributed by atoms with Crippen molar-refractivity contribution < 1.29 is 9.47 Å². The second kappa shape index (κ2) is 3.43. The Balaban J connectivity index is 2.25. The highest BCUT2D eigenvalue weighted by atomic mass is 16.7. The summed E-state index contributed by atoms with van der Waals surface area (Å²) in [4.78, 5) is 0. The number of hydrogen-bond donors (Lipinski definition) is 0. The summed E-state index contributed by atoms with van der Waals surface area (Å²) in [5.41, 5.74) is 3.03. The van der Waals surface area contributed by atoms with Crippen LogP contribution < -0.4 is 0 Å². The molecule has 2 aliphatic rings. The van der Waals surface area contributed by atoms with E-state index in [1.54, 1.807) is 19.8 Å². The first-order chi connectivity index (χ1) is 6.32. The van der Waals surface area contributed by atoms with E-state index >= 15 is 0 Å². The van der Waals surface area contributed by atoms with Gasteiger partial charge in [-0.2, -0.15) is 0 Å². The van der Waals surface area contributed by atoms with Gasteiger partial charge >= 0.3 is 0 Å². The molecular weight excluding hydrogens is 164 g/mol. The summed E-state index contributed by atoms with van der Waals surface area (Å²) in [5, 5.41) is 0. The molecule has 2 aliphatic carbocycles. The van der Waals surface area contributed by atoms with Gasteiger partial charge in [-0.3, -0.25) is 0 Å². The fraction of sp³-hybridized carbons (Fsp3) is 0.818. The summed E-state index contributed by atoms with van der Waals surface area (Å²) < 4.78 is 11.1. The molecule has 0 atom stereocenters. The Kier molecular flexibility index (Phi) is 2.43. The predicted octanol–water partition coefficient (Wildman–Crippen LogP) is 2.64. The Bertz CT molecular complexity index is 220. The monoisotopic (exact) mass is 182 g/mol. The zero-order valence-electron chi connectivity index (χ0n) is 8.56. The quantitative estimate of drug-likeness (QED) is 0.483. The van der Waals surface area contributed by atoms with Crippen LogP contribution in [0.3, 0.4) is 0 Å². The third-order valence-electron chi connectivity index (χ3n) is 3.23. The Morgan fingerprint density at radius 1 is 1.00 bits per heavy atom. The molecule has 0 radical (unpaired) electrons. The summed E-state index contributed by atoms with van der Waals surface area (Å²) in [5.74, 6) is -0.357. The molecule has 0 heterocycles. The SMILES string of the molecule is COC1(OC)CCCCC1=C1CC1. The second-order valence-corrected chi connectivity index (χ2v) is 3.95. The van der Waals surface area contributed by atoms with Crippen LogP contribution in [0.1, 0.15) is 38.5 Å². The van der Waals surface area contributed by atoms with Crippen LogP contribution in [0.5, 0.6) is 0 Å². The first-order valence-electron chi connectivity index (χ1n) is 5.14. The van der Waals surface area contributed by atoms with Crippen LogP contribution in [-0.2, 0) is 9.47 Å². The summed E-state index contributed by atoms with van der Waals surface area (Å²) in [6.45, 7) is 0. The van der Waals surface area contributed by atoms with Crippen molar-refractivity contribution in [2.24, 2.45) is 0 Å². The second-order valence-electron chi connectivity index (χ2n) is 3.95. The molecule has 0 spiro atoms. The molecule has 0 aromatic heterocycles. The smallest absolute Gasteiger partial charge is 0.190 e. The minimum atomic E-state index is -0.357. The van der Waals surface area contributed by atoms with Crippen LogP contribution in [0.4, 0.5) is 0 Å². The number of methoxy groups -OCH3 is 2. The normalized spacial score (nSPS) is 26.3. The molecule has 2 saturated carbocycles. The van der Waals surface area contributed by atoms with E-state index in [0.29, 0.717) is 0 Å². The molecule has 0 N–H and O–H groups in total. The maximum Gasteiger partial charge on any atom is 0.190 e. The van der Waals surface area contributed by atoms with Gasteiger partial charge in [0.2, 0.25) is 0 Å². The molecule has 0 unspecified atom stereocenters. The number of hydrogen-bond acceptors (Lipinski definition) is 2.